The highest BCUT2D eigenvalue weighted by Gasteiger charge is 2.15. The summed E-state index contributed by atoms with van der Waals surface area (Å²) < 4.78 is 5.17. The van der Waals surface area contributed by atoms with E-state index in [4.69, 9.17) is 15.6 Å². The molecule has 0 aliphatic heterocycles. The Morgan fingerprint density at radius 1 is 0.628 bits per heavy atom. The minimum Gasteiger partial charge on any atom is -0.497 e. The molecule has 6 N–H and O–H groups in total. The summed E-state index contributed by atoms with van der Waals surface area (Å²) in [5.74, 6) is 2.15. The van der Waals surface area contributed by atoms with Gasteiger partial charge in [0.2, 0.25) is 0 Å². The molecule has 0 aromatic heterocycles. The topological polar surface area (TPSA) is 105 Å². The Hall–Kier alpha value is -4.78. The molecule has 224 valence electrons. The maximum atomic E-state index is 8.24. The monoisotopic (exact) mass is 576 g/mol. The Labute approximate surface area is 256 Å². The highest BCUT2D eigenvalue weighted by molar-refractivity contribution is 6.03. The smallest absolute Gasteiger partial charge is 0.197 e. The molecule has 0 saturated heterocycles. The predicted molar refractivity (Wildman–Crippen MR) is 182 cm³/mol. The van der Waals surface area contributed by atoms with Crippen molar-refractivity contribution in [3.63, 3.8) is 0 Å². The molecule has 0 amide bonds. The number of methoxy groups -OCH3 is 1. The zero-order valence-electron chi connectivity index (χ0n) is 25.8. The van der Waals surface area contributed by atoms with Crippen LogP contribution in [0.5, 0.6) is 5.75 Å². The van der Waals surface area contributed by atoms with Gasteiger partial charge in [0, 0.05) is 28.8 Å². The Morgan fingerprint density at radius 2 is 1.16 bits per heavy atom. The van der Waals surface area contributed by atoms with E-state index in [1.165, 1.54) is 28.7 Å². The van der Waals surface area contributed by atoms with Gasteiger partial charge in [-0.2, -0.15) is 0 Å². The lowest BCUT2D eigenvalue weighted by molar-refractivity contribution is 0.415. The van der Waals surface area contributed by atoms with Crippen LogP contribution in [0, 0.1) is 10.8 Å². The lowest BCUT2D eigenvalue weighted by Crippen LogP contribution is -2.22. The maximum Gasteiger partial charge on any atom is 0.197 e. The number of hydrogen-bond donors (Lipinski definition) is 6. The van der Waals surface area contributed by atoms with E-state index in [0.29, 0.717) is 17.8 Å². The third-order valence-corrected chi connectivity index (χ3v) is 7.43. The molecule has 1 aliphatic rings. The zero-order chi connectivity index (χ0) is 30.8. The third kappa shape index (κ3) is 8.61. The van der Waals surface area contributed by atoms with E-state index in [9.17, 15) is 0 Å². The van der Waals surface area contributed by atoms with E-state index in [0.717, 1.165) is 41.3 Å². The number of anilines is 4. The number of benzene rings is 4. The van der Waals surface area contributed by atoms with Crippen molar-refractivity contribution in [2.24, 2.45) is 0 Å². The SMILES string of the molecule is CC(C)c1ccccc1NC(=N)Nc1cccc2c1CCC2.COc1cccc(NC(=N)Nc2ccccc2C(C)C)c1. The van der Waals surface area contributed by atoms with Gasteiger partial charge in [0.15, 0.2) is 11.9 Å². The molecule has 7 nitrogen and oxygen atoms in total. The van der Waals surface area contributed by atoms with Crippen LogP contribution in [0.1, 0.15) is 68.2 Å². The van der Waals surface area contributed by atoms with E-state index < -0.39 is 0 Å². The van der Waals surface area contributed by atoms with E-state index >= 15 is 0 Å². The van der Waals surface area contributed by atoms with E-state index in [1.807, 2.05) is 60.7 Å². The standard InChI is InChI=1S/C19H23N3.C17H21N3O/c1-13(2)15-9-3-4-11-17(15)21-19(20)22-18-12-6-8-14-7-5-10-16(14)18;1-12(2)15-9-4-5-10-16(15)20-17(18)19-13-7-6-8-14(11-13)21-3/h3-4,6,8-9,11-13H,5,7,10H2,1-2H3,(H3,20,21,22);4-12H,1-3H3,(H3,18,19,20). The number of ether oxygens (including phenoxy) is 1. The summed E-state index contributed by atoms with van der Waals surface area (Å²) in [4.78, 5) is 0. The van der Waals surface area contributed by atoms with Crippen molar-refractivity contribution in [3.05, 3.63) is 113 Å². The van der Waals surface area contributed by atoms with Gasteiger partial charge in [0.05, 0.1) is 7.11 Å². The second kappa shape index (κ2) is 14.9. The summed E-state index contributed by atoms with van der Waals surface area (Å²) in [6.45, 7) is 8.61. The first kappa shape index (κ1) is 31.2. The minimum absolute atomic E-state index is 0.233. The molecule has 0 atom stereocenters. The van der Waals surface area contributed by atoms with Crippen LogP contribution in [-0.2, 0) is 12.8 Å². The molecule has 7 heteroatoms. The van der Waals surface area contributed by atoms with Crippen molar-refractivity contribution < 1.29 is 4.74 Å². The molecule has 1 aliphatic carbocycles. The predicted octanol–water partition coefficient (Wildman–Crippen LogP) is 9.03. The Balaban J connectivity index is 0.000000197. The summed E-state index contributed by atoms with van der Waals surface area (Å²) in [6, 6.07) is 30.1. The Morgan fingerprint density at radius 3 is 1.77 bits per heavy atom. The number of guanidine groups is 2. The largest absolute Gasteiger partial charge is 0.497 e. The van der Waals surface area contributed by atoms with Gasteiger partial charge in [-0.1, -0.05) is 82.3 Å². The fraction of sp³-hybridized carbons (Fsp3) is 0.278. The first-order chi connectivity index (χ1) is 20.7. The number of nitrogens with one attached hydrogen (secondary N) is 6. The van der Waals surface area contributed by atoms with Crippen molar-refractivity contribution in [1.29, 1.82) is 10.8 Å². The van der Waals surface area contributed by atoms with Crippen molar-refractivity contribution in [1.82, 2.24) is 0 Å². The molecule has 0 spiro atoms. The number of aryl methyl sites for hydroxylation is 1. The van der Waals surface area contributed by atoms with Crippen molar-refractivity contribution in [2.75, 3.05) is 28.4 Å². The molecule has 0 saturated carbocycles. The molecule has 4 aromatic rings. The van der Waals surface area contributed by atoms with Crippen LogP contribution in [0.15, 0.2) is 91.0 Å². The summed E-state index contributed by atoms with van der Waals surface area (Å²) in [5.41, 5.74) is 9.03. The first-order valence-corrected chi connectivity index (χ1v) is 14.9. The summed E-state index contributed by atoms with van der Waals surface area (Å²) in [6.07, 6.45) is 3.47. The van der Waals surface area contributed by atoms with Gasteiger partial charge in [-0.05, 0) is 83.7 Å². The van der Waals surface area contributed by atoms with Crippen LogP contribution in [-0.4, -0.2) is 19.0 Å². The number of para-hydroxylation sites is 2. The van der Waals surface area contributed by atoms with Crippen molar-refractivity contribution >= 4 is 34.7 Å². The van der Waals surface area contributed by atoms with Gasteiger partial charge in [-0.3, -0.25) is 10.8 Å². The molecular formula is C36H44N6O. The first-order valence-electron chi connectivity index (χ1n) is 14.9. The highest BCUT2D eigenvalue weighted by Crippen LogP contribution is 2.29. The molecule has 4 aromatic carbocycles. The average Bonchev–Trinajstić information content (AvgIpc) is 3.48. The highest BCUT2D eigenvalue weighted by atomic mass is 16.5. The van der Waals surface area contributed by atoms with E-state index in [2.05, 4.69) is 79.3 Å². The number of rotatable bonds is 7. The van der Waals surface area contributed by atoms with Crippen molar-refractivity contribution in [2.45, 2.75) is 58.8 Å². The lowest BCUT2D eigenvalue weighted by atomic mass is 10.0. The van der Waals surface area contributed by atoms with E-state index in [1.54, 1.807) is 7.11 Å². The fourth-order valence-electron chi connectivity index (χ4n) is 5.28. The second-order valence-electron chi connectivity index (χ2n) is 11.3. The normalized spacial score (nSPS) is 11.7. The van der Waals surface area contributed by atoms with Gasteiger partial charge < -0.3 is 26.0 Å². The fourth-order valence-corrected chi connectivity index (χ4v) is 5.28. The summed E-state index contributed by atoms with van der Waals surface area (Å²) in [5, 5.41) is 28.9. The molecule has 0 bridgehead atoms. The molecule has 0 unspecified atom stereocenters. The van der Waals surface area contributed by atoms with Gasteiger partial charge in [0.25, 0.3) is 0 Å². The second-order valence-corrected chi connectivity index (χ2v) is 11.3. The zero-order valence-corrected chi connectivity index (χ0v) is 25.8. The van der Waals surface area contributed by atoms with Crippen LogP contribution >= 0.6 is 0 Å². The maximum absolute atomic E-state index is 8.24. The van der Waals surface area contributed by atoms with Gasteiger partial charge in [-0.15, -0.1) is 0 Å². The van der Waals surface area contributed by atoms with Gasteiger partial charge >= 0.3 is 0 Å². The van der Waals surface area contributed by atoms with Crippen LogP contribution in [0.25, 0.3) is 0 Å². The van der Waals surface area contributed by atoms with Crippen LogP contribution in [0.3, 0.4) is 0 Å². The molecule has 5 rings (SSSR count). The van der Waals surface area contributed by atoms with Gasteiger partial charge in [-0.25, -0.2) is 0 Å². The molecular weight excluding hydrogens is 532 g/mol. The third-order valence-electron chi connectivity index (χ3n) is 7.43. The van der Waals surface area contributed by atoms with Crippen LogP contribution in [0.4, 0.5) is 22.7 Å². The average molecular weight is 577 g/mol. The van der Waals surface area contributed by atoms with E-state index in [-0.39, 0.29) is 5.96 Å². The molecule has 0 fully saturated rings. The minimum atomic E-state index is 0.233. The molecule has 0 radical (unpaired) electrons. The number of fused-ring (bicyclic) bond motifs is 1. The summed E-state index contributed by atoms with van der Waals surface area (Å²) >= 11 is 0. The van der Waals surface area contributed by atoms with Crippen LogP contribution < -0.4 is 26.0 Å². The Bertz CT molecular complexity index is 1540. The lowest BCUT2D eigenvalue weighted by Gasteiger charge is -2.17. The van der Waals surface area contributed by atoms with Gasteiger partial charge in [0.1, 0.15) is 5.75 Å². The van der Waals surface area contributed by atoms with Crippen molar-refractivity contribution in [3.8, 4) is 5.75 Å². The quantitative estimate of drug-likeness (QED) is 0.0973. The number of hydrogen-bond acceptors (Lipinski definition) is 3. The Kier molecular flexibility index (Phi) is 10.8. The van der Waals surface area contributed by atoms with Crippen LogP contribution in [0.2, 0.25) is 0 Å². The summed E-state index contributed by atoms with van der Waals surface area (Å²) in [7, 11) is 1.63. The molecule has 0 heterocycles. The molecule has 43 heavy (non-hydrogen) atoms.